The number of ether oxygens (including phenoxy) is 3. The molecule has 8 heteroatoms. The number of aromatic nitrogens is 2. The number of hydrogen-bond acceptors (Lipinski definition) is 7. The molecule has 4 bridgehead atoms. The molecule has 0 unspecified atom stereocenters. The van der Waals surface area contributed by atoms with E-state index in [1.807, 2.05) is 42.5 Å². The summed E-state index contributed by atoms with van der Waals surface area (Å²) in [5.41, 5.74) is 2.01. The van der Waals surface area contributed by atoms with Crippen LogP contribution in [0.2, 0.25) is 0 Å². The Morgan fingerprint density at radius 1 is 1.12 bits per heavy atom. The van der Waals surface area contributed by atoms with Crippen molar-refractivity contribution in [2.24, 2.45) is 0 Å². The molecule has 1 saturated heterocycles. The maximum atomic E-state index is 12.9. The molecule has 3 heterocycles. The average Bonchev–Trinajstić information content (AvgIpc) is 2.87. The lowest BCUT2D eigenvalue weighted by Crippen LogP contribution is -2.56. The highest BCUT2D eigenvalue weighted by atomic mass is 16.5. The first kappa shape index (κ1) is 22.2. The van der Waals surface area contributed by atoms with Gasteiger partial charge in [-0.15, -0.1) is 0 Å². The highest BCUT2D eigenvalue weighted by Crippen LogP contribution is 2.33. The molecule has 1 fully saturated rings. The van der Waals surface area contributed by atoms with E-state index >= 15 is 0 Å². The van der Waals surface area contributed by atoms with E-state index < -0.39 is 0 Å². The van der Waals surface area contributed by atoms with Crippen LogP contribution in [0, 0.1) is 0 Å². The van der Waals surface area contributed by atoms with E-state index in [2.05, 4.69) is 20.2 Å². The molecular formula is C26H28N4O4. The number of carbonyl (C=O) groups is 1. The van der Waals surface area contributed by atoms with Crippen LogP contribution in [0.15, 0.2) is 61.1 Å². The van der Waals surface area contributed by atoms with Gasteiger partial charge in [-0.05, 0) is 48.2 Å². The minimum absolute atomic E-state index is 0.00619. The predicted molar refractivity (Wildman–Crippen MR) is 127 cm³/mol. The van der Waals surface area contributed by atoms with E-state index in [1.54, 1.807) is 25.7 Å². The fraction of sp³-hybridized carbons (Fsp3) is 0.346. The molecule has 3 aromatic rings. The third-order valence-electron chi connectivity index (χ3n) is 6.23. The van der Waals surface area contributed by atoms with Gasteiger partial charge in [0.2, 0.25) is 5.91 Å². The van der Waals surface area contributed by atoms with Crippen LogP contribution in [0.4, 0.5) is 5.82 Å². The van der Waals surface area contributed by atoms with Crippen LogP contribution in [0.25, 0.3) is 0 Å². The number of nitrogens with zero attached hydrogens (tertiary/aromatic N) is 3. The molecular weight excluding hydrogens is 432 g/mol. The van der Waals surface area contributed by atoms with Gasteiger partial charge in [-0.2, -0.15) is 0 Å². The first-order chi connectivity index (χ1) is 16.7. The molecule has 1 amide bonds. The largest absolute Gasteiger partial charge is 0.493 e. The van der Waals surface area contributed by atoms with E-state index in [1.165, 1.54) is 0 Å². The minimum atomic E-state index is -0.153. The molecule has 1 N–H and O–H groups in total. The number of hydrogen-bond donors (Lipinski definition) is 1. The summed E-state index contributed by atoms with van der Waals surface area (Å²) in [6.45, 7) is 1.83. The predicted octanol–water partition coefficient (Wildman–Crippen LogP) is 3.50. The molecule has 0 aliphatic carbocycles. The van der Waals surface area contributed by atoms with Gasteiger partial charge in [0.25, 0.3) is 0 Å². The molecule has 8 nitrogen and oxygen atoms in total. The van der Waals surface area contributed by atoms with Crippen molar-refractivity contribution in [3.63, 3.8) is 0 Å². The summed E-state index contributed by atoms with van der Waals surface area (Å²) in [4.78, 5) is 23.7. The summed E-state index contributed by atoms with van der Waals surface area (Å²) in [7, 11) is 1.62. The summed E-state index contributed by atoms with van der Waals surface area (Å²) in [6, 6.07) is 13.5. The van der Waals surface area contributed by atoms with E-state index in [0.29, 0.717) is 37.5 Å². The van der Waals surface area contributed by atoms with E-state index in [9.17, 15) is 4.79 Å². The van der Waals surface area contributed by atoms with Gasteiger partial charge in [0.15, 0.2) is 11.5 Å². The van der Waals surface area contributed by atoms with Crippen LogP contribution in [0.1, 0.15) is 24.0 Å². The first-order valence-electron chi connectivity index (χ1n) is 11.5. The van der Waals surface area contributed by atoms with Gasteiger partial charge >= 0.3 is 0 Å². The third kappa shape index (κ3) is 5.12. The number of anilines is 1. The zero-order valence-electron chi connectivity index (χ0n) is 19.1. The van der Waals surface area contributed by atoms with Crippen molar-refractivity contribution in [3.05, 3.63) is 72.2 Å². The smallest absolute Gasteiger partial charge is 0.220 e. The van der Waals surface area contributed by atoms with E-state index in [-0.39, 0.29) is 18.1 Å². The van der Waals surface area contributed by atoms with Crippen LogP contribution < -0.4 is 19.7 Å². The molecule has 5 rings (SSSR count). The molecule has 0 saturated carbocycles. The second kappa shape index (κ2) is 10.1. The fourth-order valence-electron chi connectivity index (χ4n) is 4.45. The highest BCUT2D eigenvalue weighted by molar-refractivity contribution is 5.76. The zero-order valence-corrected chi connectivity index (χ0v) is 19.1. The zero-order chi connectivity index (χ0) is 23.3. The lowest BCUT2D eigenvalue weighted by atomic mass is 10.0. The summed E-state index contributed by atoms with van der Waals surface area (Å²) >= 11 is 0. The van der Waals surface area contributed by atoms with Crippen molar-refractivity contribution in [2.75, 3.05) is 25.1 Å². The number of piperidine rings is 1. The van der Waals surface area contributed by atoms with Crippen molar-refractivity contribution in [1.82, 2.24) is 15.3 Å². The molecule has 34 heavy (non-hydrogen) atoms. The normalized spacial score (nSPS) is 20.7. The number of methoxy groups -OCH3 is 1. The third-order valence-corrected chi connectivity index (χ3v) is 6.23. The SMILES string of the molecule is COc1ccc2cc1Oc1cccc(c1)CO[C@@H]1CCN(c3cnccn3)C[C@@H]1NC(=O)CC2. The number of aryl methyl sites for hydroxylation is 1. The lowest BCUT2D eigenvalue weighted by Gasteiger charge is -2.39. The first-order valence-corrected chi connectivity index (χ1v) is 11.5. The maximum Gasteiger partial charge on any atom is 0.220 e. The second-order valence-electron chi connectivity index (χ2n) is 8.56. The Bertz CT molecular complexity index is 1140. The van der Waals surface area contributed by atoms with Crippen molar-refractivity contribution in [2.45, 2.75) is 38.0 Å². The standard InChI is InChI=1S/C26H28N4O4/c1-32-23-7-5-18-6-8-26(31)29-21-16-30(25-15-27-10-11-28-25)12-9-22(21)33-17-19-3-2-4-20(13-19)34-24(23)14-18/h2-5,7,10-11,13-15,21-22H,6,8-9,12,16-17H2,1H3,(H,29,31)/t21-,22+/m0/s1. The van der Waals surface area contributed by atoms with Gasteiger partial charge in [-0.3, -0.25) is 9.78 Å². The number of benzene rings is 2. The van der Waals surface area contributed by atoms with Gasteiger partial charge in [0.1, 0.15) is 11.6 Å². The lowest BCUT2D eigenvalue weighted by molar-refractivity contribution is -0.123. The second-order valence-corrected chi connectivity index (χ2v) is 8.56. The van der Waals surface area contributed by atoms with Gasteiger partial charge in [-0.25, -0.2) is 4.98 Å². The Morgan fingerprint density at radius 2 is 2.06 bits per heavy atom. The Kier molecular flexibility index (Phi) is 6.58. The Morgan fingerprint density at radius 3 is 2.91 bits per heavy atom. The number of amides is 1. The number of fused-ring (bicyclic) bond motifs is 5. The molecule has 0 radical (unpaired) electrons. The van der Waals surface area contributed by atoms with Crippen LogP contribution in [-0.2, 0) is 22.6 Å². The van der Waals surface area contributed by atoms with Crippen molar-refractivity contribution < 1.29 is 19.0 Å². The van der Waals surface area contributed by atoms with E-state index in [4.69, 9.17) is 14.2 Å². The maximum absolute atomic E-state index is 12.9. The molecule has 2 atom stereocenters. The Labute approximate surface area is 198 Å². The fourth-order valence-corrected chi connectivity index (χ4v) is 4.45. The van der Waals surface area contributed by atoms with E-state index in [0.717, 1.165) is 35.7 Å². The Hall–Kier alpha value is -3.65. The number of nitrogens with one attached hydrogen (secondary N) is 1. The van der Waals surface area contributed by atoms with Gasteiger partial charge < -0.3 is 24.4 Å². The molecule has 176 valence electrons. The molecule has 2 aromatic carbocycles. The highest BCUT2D eigenvalue weighted by Gasteiger charge is 2.32. The number of carbonyl (C=O) groups excluding carboxylic acids is 1. The van der Waals surface area contributed by atoms with Crippen LogP contribution in [0.3, 0.4) is 0 Å². The summed E-state index contributed by atoms with van der Waals surface area (Å²) < 4.78 is 18.0. The molecule has 0 spiro atoms. The van der Waals surface area contributed by atoms with Crippen LogP contribution >= 0.6 is 0 Å². The quantitative estimate of drug-likeness (QED) is 0.626. The summed E-state index contributed by atoms with van der Waals surface area (Å²) in [5.74, 6) is 2.79. The molecule has 1 aromatic heterocycles. The van der Waals surface area contributed by atoms with Gasteiger partial charge in [-0.1, -0.05) is 18.2 Å². The molecule has 2 aliphatic rings. The van der Waals surface area contributed by atoms with Crippen LogP contribution in [0.5, 0.6) is 17.2 Å². The Balaban J connectivity index is 1.41. The monoisotopic (exact) mass is 460 g/mol. The summed E-state index contributed by atoms with van der Waals surface area (Å²) in [5, 5.41) is 3.22. The van der Waals surface area contributed by atoms with Crippen molar-refractivity contribution >= 4 is 11.7 Å². The minimum Gasteiger partial charge on any atom is -0.493 e. The summed E-state index contributed by atoms with van der Waals surface area (Å²) in [6.07, 6.45) is 6.73. The average molecular weight is 461 g/mol. The van der Waals surface area contributed by atoms with Crippen molar-refractivity contribution in [3.8, 4) is 17.2 Å². The van der Waals surface area contributed by atoms with Crippen molar-refractivity contribution in [1.29, 1.82) is 0 Å². The number of rotatable bonds is 2. The topological polar surface area (TPSA) is 85.8 Å². The van der Waals surface area contributed by atoms with Gasteiger partial charge in [0.05, 0.1) is 32.1 Å². The van der Waals surface area contributed by atoms with Crippen LogP contribution in [-0.4, -0.2) is 48.2 Å². The molecule has 2 aliphatic heterocycles. The van der Waals surface area contributed by atoms with Gasteiger partial charge in [0, 0.05) is 31.9 Å².